The molecular weight excluding hydrogens is 188 g/mol. The highest BCUT2D eigenvalue weighted by Gasteiger charge is 2.30. The minimum absolute atomic E-state index is 0.533. The van der Waals surface area contributed by atoms with Crippen LogP contribution in [0, 0.1) is 0 Å². The Labute approximate surface area is 89.8 Å². The maximum absolute atomic E-state index is 5.92. The fourth-order valence-electron chi connectivity index (χ4n) is 2.46. The van der Waals surface area contributed by atoms with Crippen molar-refractivity contribution in [3.63, 3.8) is 0 Å². The molecule has 2 N–H and O–H groups in total. The Bertz CT molecular complexity index is 374. The number of fused-ring (bicyclic) bond motifs is 1. The van der Waals surface area contributed by atoms with Gasteiger partial charge in [0.25, 0.3) is 0 Å². The van der Waals surface area contributed by atoms with E-state index in [1.807, 2.05) is 12.1 Å². The van der Waals surface area contributed by atoms with E-state index in [9.17, 15) is 0 Å². The van der Waals surface area contributed by atoms with E-state index >= 15 is 0 Å². The normalized spacial score (nSPS) is 25.2. The van der Waals surface area contributed by atoms with Crippen molar-refractivity contribution < 1.29 is 4.74 Å². The summed E-state index contributed by atoms with van der Waals surface area (Å²) in [7, 11) is 0. The summed E-state index contributed by atoms with van der Waals surface area (Å²) in [6.07, 6.45) is 2.42. The van der Waals surface area contributed by atoms with Crippen molar-refractivity contribution >= 4 is 5.69 Å². The second-order valence-corrected chi connectivity index (χ2v) is 4.31. The molecule has 1 saturated heterocycles. The molecule has 1 aromatic carbocycles. The van der Waals surface area contributed by atoms with Crippen molar-refractivity contribution in [2.45, 2.75) is 18.9 Å². The Morgan fingerprint density at radius 2 is 2.20 bits per heavy atom. The minimum Gasteiger partial charge on any atom is -0.491 e. The summed E-state index contributed by atoms with van der Waals surface area (Å²) < 4.78 is 5.65. The second-order valence-electron chi connectivity index (χ2n) is 4.31. The number of hydrogen-bond donors (Lipinski definition) is 1. The SMILES string of the molecule is Nc1cccc2c1OCCC2N1CCC1. The maximum atomic E-state index is 5.92. The summed E-state index contributed by atoms with van der Waals surface area (Å²) >= 11 is 0. The van der Waals surface area contributed by atoms with Gasteiger partial charge in [-0.3, -0.25) is 4.90 Å². The molecule has 1 atom stereocenters. The van der Waals surface area contributed by atoms with E-state index in [0.29, 0.717) is 6.04 Å². The molecule has 80 valence electrons. The average molecular weight is 204 g/mol. The predicted molar refractivity (Wildman–Crippen MR) is 59.9 cm³/mol. The summed E-state index contributed by atoms with van der Waals surface area (Å²) in [6, 6.07) is 6.62. The molecule has 3 nitrogen and oxygen atoms in total. The molecule has 0 saturated carbocycles. The van der Waals surface area contributed by atoms with Gasteiger partial charge in [-0.25, -0.2) is 0 Å². The van der Waals surface area contributed by atoms with Crippen LogP contribution in [0.15, 0.2) is 18.2 Å². The molecule has 0 aromatic heterocycles. The standard InChI is InChI=1S/C12H16N2O/c13-10-4-1-3-9-11(14-6-2-7-14)5-8-15-12(9)10/h1,3-4,11H,2,5-8,13H2. The van der Waals surface area contributed by atoms with Crippen LogP contribution in [0.5, 0.6) is 5.75 Å². The second kappa shape index (κ2) is 3.42. The van der Waals surface area contributed by atoms with Gasteiger partial charge in [0.1, 0.15) is 5.75 Å². The first-order chi connectivity index (χ1) is 7.36. The van der Waals surface area contributed by atoms with Gasteiger partial charge in [0.15, 0.2) is 0 Å². The maximum Gasteiger partial charge on any atom is 0.146 e. The number of nitrogens with zero attached hydrogens (tertiary/aromatic N) is 1. The van der Waals surface area contributed by atoms with E-state index in [2.05, 4.69) is 11.0 Å². The summed E-state index contributed by atoms with van der Waals surface area (Å²) in [5, 5.41) is 0. The minimum atomic E-state index is 0.533. The van der Waals surface area contributed by atoms with Crippen LogP contribution < -0.4 is 10.5 Å². The van der Waals surface area contributed by atoms with Crippen LogP contribution >= 0.6 is 0 Å². The van der Waals surface area contributed by atoms with Crippen LogP contribution in [-0.4, -0.2) is 24.6 Å². The molecule has 15 heavy (non-hydrogen) atoms. The van der Waals surface area contributed by atoms with Gasteiger partial charge < -0.3 is 10.5 Å². The lowest BCUT2D eigenvalue weighted by Crippen LogP contribution is -2.42. The molecule has 2 aliphatic rings. The number of hydrogen-bond acceptors (Lipinski definition) is 3. The van der Waals surface area contributed by atoms with Gasteiger partial charge >= 0.3 is 0 Å². The van der Waals surface area contributed by atoms with E-state index in [1.54, 1.807) is 0 Å². The molecule has 1 aromatic rings. The van der Waals surface area contributed by atoms with Crippen LogP contribution in [0.3, 0.4) is 0 Å². The zero-order valence-electron chi connectivity index (χ0n) is 8.78. The number of para-hydroxylation sites is 1. The lowest BCUT2D eigenvalue weighted by molar-refractivity contribution is 0.0845. The smallest absolute Gasteiger partial charge is 0.146 e. The first kappa shape index (κ1) is 9.04. The Hall–Kier alpha value is -1.22. The van der Waals surface area contributed by atoms with E-state index in [1.165, 1.54) is 25.1 Å². The van der Waals surface area contributed by atoms with Crippen molar-refractivity contribution in [3.05, 3.63) is 23.8 Å². The van der Waals surface area contributed by atoms with E-state index in [4.69, 9.17) is 10.5 Å². The lowest BCUT2D eigenvalue weighted by atomic mass is 9.95. The monoisotopic (exact) mass is 204 g/mol. The number of benzene rings is 1. The molecule has 3 heteroatoms. The largest absolute Gasteiger partial charge is 0.491 e. The van der Waals surface area contributed by atoms with Crippen molar-refractivity contribution in [2.75, 3.05) is 25.4 Å². The molecule has 2 heterocycles. The highest BCUT2D eigenvalue weighted by atomic mass is 16.5. The third-order valence-corrected chi connectivity index (χ3v) is 3.40. The van der Waals surface area contributed by atoms with Crippen molar-refractivity contribution in [3.8, 4) is 5.75 Å². The average Bonchev–Trinajstić information content (AvgIpc) is 2.17. The fraction of sp³-hybridized carbons (Fsp3) is 0.500. The van der Waals surface area contributed by atoms with Crippen molar-refractivity contribution in [1.29, 1.82) is 0 Å². The van der Waals surface area contributed by atoms with Gasteiger partial charge in [-0.05, 0) is 25.6 Å². The highest BCUT2D eigenvalue weighted by molar-refractivity contribution is 5.58. The van der Waals surface area contributed by atoms with E-state index in [-0.39, 0.29) is 0 Å². The first-order valence-corrected chi connectivity index (χ1v) is 5.61. The third-order valence-electron chi connectivity index (χ3n) is 3.40. The number of likely N-dealkylation sites (tertiary alicyclic amines) is 1. The molecule has 3 rings (SSSR count). The van der Waals surface area contributed by atoms with Gasteiger partial charge in [-0.15, -0.1) is 0 Å². The lowest BCUT2D eigenvalue weighted by Gasteiger charge is -2.41. The van der Waals surface area contributed by atoms with Gasteiger partial charge in [0, 0.05) is 18.0 Å². The van der Waals surface area contributed by atoms with Gasteiger partial charge in [-0.1, -0.05) is 12.1 Å². The van der Waals surface area contributed by atoms with Gasteiger partial charge in [-0.2, -0.15) is 0 Å². The third kappa shape index (κ3) is 1.38. The van der Waals surface area contributed by atoms with Crippen LogP contribution in [-0.2, 0) is 0 Å². The Morgan fingerprint density at radius 3 is 2.93 bits per heavy atom. The Balaban J connectivity index is 1.98. The predicted octanol–water partition coefficient (Wildman–Crippen LogP) is 1.80. The zero-order chi connectivity index (χ0) is 10.3. The van der Waals surface area contributed by atoms with E-state index in [0.717, 1.165) is 24.5 Å². The van der Waals surface area contributed by atoms with Crippen LogP contribution in [0.25, 0.3) is 0 Å². The number of nitrogen functional groups attached to an aromatic ring is 1. The zero-order valence-corrected chi connectivity index (χ0v) is 8.78. The van der Waals surface area contributed by atoms with Crippen LogP contribution in [0.2, 0.25) is 0 Å². The first-order valence-electron chi connectivity index (χ1n) is 5.61. The number of rotatable bonds is 1. The molecular formula is C12H16N2O. The number of ether oxygens (including phenoxy) is 1. The van der Waals surface area contributed by atoms with E-state index < -0.39 is 0 Å². The summed E-state index contributed by atoms with van der Waals surface area (Å²) in [4.78, 5) is 2.51. The molecule has 0 bridgehead atoms. The number of nitrogens with two attached hydrogens (primary N) is 1. The van der Waals surface area contributed by atoms with Gasteiger partial charge in [0.2, 0.25) is 0 Å². The Morgan fingerprint density at radius 1 is 1.33 bits per heavy atom. The fourth-order valence-corrected chi connectivity index (χ4v) is 2.46. The summed E-state index contributed by atoms with van der Waals surface area (Å²) in [5.41, 5.74) is 7.97. The van der Waals surface area contributed by atoms with Crippen molar-refractivity contribution in [2.24, 2.45) is 0 Å². The molecule has 0 aliphatic carbocycles. The molecule has 1 fully saturated rings. The molecule has 0 radical (unpaired) electrons. The number of anilines is 1. The summed E-state index contributed by atoms with van der Waals surface area (Å²) in [5.74, 6) is 0.917. The molecule has 2 aliphatic heterocycles. The quantitative estimate of drug-likeness (QED) is 0.709. The van der Waals surface area contributed by atoms with Crippen molar-refractivity contribution in [1.82, 2.24) is 4.90 Å². The molecule has 0 spiro atoms. The molecule has 0 amide bonds. The highest BCUT2D eigenvalue weighted by Crippen LogP contribution is 2.40. The van der Waals surface area contributed by atoms with Crippen LogP contribution in [0.4, 0.5) is 5.69 Å². The Kier molecular flexibility index (Phi) is 2.06. The molecule has 1 unspecified atom stereocenters. The topological polar surface area (TPSA) is 38.5 Å². The van der Waals surface area contributed by atoms with Gasteiger partial charge in [0.05, 0.1) is 12.3 Å². The van der Waals surface area contributed by atoms with Crippen LogP contribution in [0.1, 0.15) is 24.4 Å². The summed E-state index contributed by atoms with van der Waals surface area (Å²) in [6.45, 7) is 3.24.